The van der Waals surface area contributed by atoms with Crippen molar-refractivity contribution in [1.29, 1.82) is 21.0 Å². The molecule has 0 aliphatic heterocycles. The zero-order valence-electron chi connectivity index (χ0n) is 46.4. The van der Waals surface area contributed by atoms with Crippen LogP contribution in [0.5, 0.6) is 0 Å². The number of rotatable bonds is 14. The van der Waals surface area contributed by atoms with Crippen LogP contribution in [0.4, 0.5) is 0 Å². The lowest BCUT2D eigenvalue weighted by molar-refractivity contribution is -0.165. The van der Waals surface area contributed by atoms with Crippen molar-refractivity contribution in [2.24, 2.45) is 0 Å². The van der Waals surface area contributed by atoms with Gasteiger partial charge in [-0.25, -0.2) is 0 Å². The Labute approximate surface area is 519 Å². The number of allylic oxidation sites excluding steroid dienone is 6. The third-order valence-corrected chi connectivity index (χ3v) is 19.4. The van der Waals surface area contributed by atoms with Gasteiger partial charge in [-0.05, 0) is 57.7 Å². The predicted octanol–water partition coefficient (Wildman–Crippen LogP) is 13.6. The van der Waals surface area contributed by atoms with Gasteiger partial charge in [0, 0.05) is 79.9 Å². The van der Waals surface area contributed by atoms with Gasteiger partial charge in [0.25, 0.3) is 0 Å². The van der Waals surface area contributed by atoms with Gasteiger partial charge < -0.3 is 18.9 Å². The van der Waals surface area contributed by atoms with Crippen molar-refractivity contribution in [1.82, 2.24) is 0 Å². The van der Waals surface area contributed by atoms with Crippen LogP contribution < -0.4 is 0 Å². The monoisotopic (exact) mass is 1220 g/mol. The van der Waals surface area contributed by atoms with Gasteiger partial charge in [0.15, 0.2) is 11.6 Å². The van der Waals surface area contributed by atoms with Crippen LogP contribution in [-0.4, -0.2) is 35.4 Å². The van der Waals surface area contributed by atoms with Gasteiger partial charge in [-0.1, -0.05) is 170 Å². The zero-order chi connectivity index (χ0) is 61.6. The molecule has 4 aliphatic rings. The van der Waals surface area contributed by atoms with Crippen LogP contribution in [0.2, 0.25) is 0 Å². The third kappa shape index (κ3) is 9.25. The minimum atomic E-state index is -2.72. The molecule has 13 rings (SSSR count). The second-order valence-electron chi connectivity index (χ2n) is 20.8. The van der Waals surface area contributed by atoms with E-state index in [1.54, 1.807) is 182 Å². The van der Waals surface area contributed by atoms with E-state index >= 15 is 19.2 Å². The first-order chi connectivity index (χ1) is 43.4. The summed E-state index contributed by atoms with van der Waals surface area (Å²) in [5.74, 6) is -5.57. The smallest absolute Gasteiger partial charge is 0.333 e. The molecule has 3 aromatic heterocycles. The SMILES string of the molecule is N#CC(C#N)=C1/C(=C/c2cc3c(s2)C2=C(c4sc5cc(/C=C6/C(=O)c7ccccc7C6=C(C#N)C#N)sc5c4C2(C(=O)OCc2ccccc2)C(=O)OCc2ccccc2)C3(C(=O)OCc2ccccc2)C(=O)OCc2ccccc2)C(=O)c2ccccc21. The Morgan fingerprint density at radius 3 is 1.16 bits per heavy atom. The van der Waals surface area contributed by atoms with Crippen LogP contribution in [0.1, 0.15) is 84.7 Å². The van der Waals surface area contributed by atoms with Crippen LogP contribution >= 0.6 is 34.0 Å². The van der Waals surface area contributed by atoms with Gasteiger partial charge in [0.1, 0.15) is 61.9 Å². The predicted molar refractivity (Wildman–Crippen MR) is 333 cm³/mol. The molecule has 0 bridgehead atoms. The maximum atomic E-state index is 16.5. The lowest BCUT2D eigenvalue weighted by Crippen LogP contribution is -2.45. The van der Waals surface area contributed by atoms with E-state index in [2.05, 4.69) is 0 Å². The van der Waals surface area contributed by atoms with Gasteiger partial charge in [-0.15, -0.1) is 34.0 Å². The molecule has 0 radical (unpaired) electrons. The van der Waals surface area contributed by atoms with Gasteiger partial charge in [-0.3, -0.25) is 28.8 Å². The van der Waals surface area contributed by atoms with E-state index in [4.69, 9.17) is 18.9 Å². The summed E-state index contributed by atoms with van der Waals surface area (Å²) in [6.45, 7) is -1.45. The van der Waals surface area contributed by atoms with Gasteiger partial charge in [0.05, 0.1) is 4.70 Å². The number of nitrogens with zero attached hydrogens (tertiary/aromatic N) is 4. The van der Waals surface area contributed by atoms with Crippen molar-refractivity contribution < 1.29 is 47.7 Å². The molecular formula is C72H40N4O10S3. The third-order valence-electron chi connectivity index (χ3n) is 15.9. The van der Waals surface area contributed by atoms with E-state index in [-0.39, 0.29) is 108 Å². The molecule has 0 fully saturated rings. The molecule has 426 valence electrons. The standard InChI is InChI=1S/C72H40N4O10S3/c73-33-45(34-74)57-49-25-13-15-27-51(49)62(77)53(57)29-47-31-55-64(87-47)59-60(71(55,67(79)83-37-41-17-5-1-6-18-41)68(80)84-38-42-19-7-2-8-20-42)66-61(72(59,69(81)85-39-43-21-9-3-10-22-43)70(82)86-40-44-23-11-4-12-24-44)65-56(89-66)32-48(88-65)30-54-58(46(35-75)36-76)50-26-14-16-28-52(50)63(54)78/h1-32H,37-40H2/b53-29-,54-30+. The topological polar surface area (TPSA) is 234 Å². The van der Waals surface area contributed by atoms with Crippen LogP contribution in [0, 0.1) is 45.3 Å². The van der Waals surface area contributed by atoms with Crippen LogP contribution in [-0.2, 0) is 75.4 Å². The Kier molecular flexibility index (Phi) is 14.7. The fourth-order valence-electron chi connectivity index (χ4n) is 11.9. The van der Waals surface area contributed by atoms with Gasteiger partial charge >= 0.3 is 23.9 Å². The van der Waals surface area contributed by atoms with E-state index < -0.39 is 46.3 Å². The highest BCUT2D eigenvalue weighted by atomic mass is 32.1. The summed E-state index contributed by atoms with van der Waals surface area (Å²) in [7, 11) is 0. The van der Waals surface area contributed by atoms with Crippen molar-refractivity contribution in [3.05, 3.63) is 279 Å². The van der Waals surface area contributed by atoms with Crippen LogP contribution in [0.3, 0.4) is 0 Å². The molecule has 89 heavy (non-hydrogen) atoms. The first-order valence-electron chi connectivity index (χ1n) is 27.6. The van der Waals surface area contributed by atoms with E-state index in [0.717, 1.165) is 34.0 Å². The number of esters is 4. The molecule has 3 heterocycles. The molecule has 14 nitrogen and oxygen atoms in total. The van der Waals surface area contributed by atoms with E-state index in [9.17, 15) is 30.6 Å². The Morgan fingerprint density at radius 2 is 0.764 bits per heavy atom. The second-order valence-corrected chi connectivity index (χ2v) is 24.1. The number of hydrogen-bond acceptors (Lipinski definition) is 17. The molecule has 9 aromatic rings. The maximum Gasteiger partial charge on any atom is 0.333 e. The molecule has 6 aromatic carbocycles. The number of ketones is 2. The molecule has 0 amide bonds. The second kappa shape index (κ2) is 23.1. The first-order valence-corrected chi connectivity index (χ1v) is 30.0. The van der Waals surface area contributed by atoms with Crippen molar-refractivity contribution >= 4 is 113 Å². The summed E-state index contributed by atoms with van der Waals surface area (Å²) in [5.41, 5.74) is -2.81. The molecule has 0 atom stereocenters. The average molecular weight is 1220 g/mol. The number of benzene rings is 6. The van der Waals surface area contributed by atoms with E-state index in [0.29, 0.717) is 47.7 Å². The largest absolute Gasteiger partial charge is 0.459 e. The molecular weight excluding hydrogens is 1180 g/mol. The van der Waals surface area contributed by atoms with Crippen molar-refractivity contribution in [3.8, 4) is 24.3 Å². The fraction of sp³-hybridized carbons (Fsp3) is 0.0833. The van der Waals surface area contributed by atoms with Crippen molar-refractivity contribution in [2.75, 3.05) is 0 Å². The van der Waals surface area contributed by atoms with E-state index in [1.165, 1.54) is 12.1 Å². The van der Waals surface area contributed by atoms with Crippen molar-refractivity contribution in [2.45, 2.75) is 37.3 Å². The quantitative estimate of drug-likeness (QED) is 0.0324. The fourth-order valence-corrected chi connectivity index (χ4v) is 16.0. The zero-order valence-corrected chi connectivity index (χ0v) is 48.8. The number of hydrogen-bond donors (Lipinski definition) is 0. The Bertz CT molecular complexity index is 4760. The summed E-state index contributed by atoms with van der Waals surface area (Å²) in [6, 6.07) is 59.1. The lowest BCUT2D eigenvalue weighted by Gasteiger charge is -2.29. The van der Waals surface area contributed by atoms with Crippen LogP contribution in [0.25, 0.3) is 43.8 Å². The molecule has 4 aliphatic carbocycles. The molecule has 0 spiro atoms. The van der Waals surface area contributed by atoms with Crippen LogP contribution in [0.15, 0.2) is 204 Å². The highest BCUT2D eigenvalue weighted by Gasteiger charge is 2.72. The maximum absolute atomic E-state index is 16.5. The Balaban J connectivity index is 1.11. The number of ether oxygens (including phenoxy) is 4. The highest BCUT2D eigenvalue weighted by molar-refractivity contribution is 7.29. The average Bonchev–Trinajstić information content (AvgIpc) is 1.48. The summed E-state index contributed by atoms with van der Waals surface area (Å²) in [4.78, 5) is 95.3. The number of Topliss-reactive ketones (excluding diaryl/α,β-unsaturated/α-hetero) is 2. The molecule has 0 saturated heterocycles. The highest BCUT2D eigenvalue weighted by Crippen LogP contribution is 2.69. The van der Waals surface area contributed by atoms with Gasteiger partial charge in [0.2, 0.25) is 10.8 Å². The number of carbonyl (C=O) groups is 6. The molecule has 0 saturated carbocycles. The first kappa shape index (κ1) is 56.7. The summed E-state index contributed by atoms with van der Waals surface area (Å²) >= 11 is 3.06. The summed E-state index contributed by atoms with van der Waals surface area (Å²) < 4.78 is 26.2. The minimum absolute atomic E-state index is 0.00539. The number of fused-ring (bicyclic) bond motifs is 8. The van der Waals surface area contributed by atoms with E-state index in [1.807, 2.05) is 24.3 Å². The normalized spacial score (nSPS) is 15.2. The summed E-state index contributed by atoms with van der Waals surface area (Å²) in [6.07, 6.45) is 3.00. The molecule has 0 unspecified atom stereocenters. The Morgan fingerprint density at radius 1 is 0.416 bits per heavy atom. The molecule has 0 N–H and O–H groups in total. The number of thiophene rings is 3. The molecule has 17 heteroatoms. The number of nitriles is 4. The number of carbonyl (C=O) groups excluding carboxylic acids is 6. The Hall–Kier alpha value is -11.4. The lowest BCUT2D eigenvalue weighted by atomic mass is 9.76. The van der Waals surface area contributed by atoms with Gasteiger partial charge in [-0.2, -0.15) is 21.0 Å². The minimum Gasteiger partial charge on any atom is -0.459 e. The van der Waals surface area contributed by atoms with Crippen molar-refractivity contribution in [3.63, 3.8) is 0 Å². The summed E-state index contributed by atoms with van der Waals surface area (Å²) in [5, 5.41) is 41.1.